The van der Waals surface area contributed by atoms with Gasteiger partial charge in [0.15, 0.2) is 5.96 Å². The van der Waals surface area contributed by atoms with Crippen LogP contribution in [0.15, 0.2) is 47.7 Å². The number of halogens is 3. The van der Waals surface area contributed by atoms with Crippen LogP contribution in [0.2, 0.25) is 0 Å². The Balaban J connectivity index is 0.00000392. The van der Waals surface area contributed by atoms with Gasteiger partial charge < -0.3 is 15.0 Å². The summed E-state index contributed by atoms with van der Waals surface area (Å²) in [5.74, 6) is 1.31. The number of nitrogens with zero attached hydrogens (tertiary/aromatic N) is 4. The minimum atomic E-state index is -2.81. The highest BCUT2D eigenvalue weighted by molar-refractivity contribution is 14.0. The Kier molecular flexibility index (Phi) is 10.8. The lowest BCUT2D eigenvalue weighted by atomic mass is 10.2. The molecule has 1 atom stereocenters. The lowest BCUT2D eigenvalue weighted by Crippen LogP contribution is -2.38. The first-order valence-electron chi connectivity index (χ1n) is 8.98. The molecule has 9 heteroatoms. The average Bonchev–Trinajstić information content (AvgIpc) is 3.12. The van der Waals surface area contributed by atoms with Crippen molar-refractivity contribution in [2.24, 2.45) is 10.9 Å². The number of hydrogen-bond acceptors (Lipinski definition) is 3. The van der Waals surface area contributed by atoms with Crippen LogP contribution in [-0.2, 0) is 13.1 Å². The Hall–Kier alpha value is -1.91. The van der Waals surface area contributed by atoms with Crippen molar-refractivity contribution in [1.29, 1.82) is 0 Å². The fraction of sp³-hybridized carbons (Fsp3) is 0.474. The van der Waals surface area contributed by atoms with Gasteiger partial charge in [0.2, 0.25) is 0 Å². The van der Waals surface area contributed by atoms with Gasteiger partial charge in [0, 0.05) is 45.6 Å². The van der Waals surface area contributed by atoms with Gasteiger partial charge >= 0.3 is 6.61 Å². The molecule has 0 saturated carbocycles. The zero-order chi connectivity index (χ0) is 19.6. The third-order valence-corrected chi connectivity index (χ3v) is 3.88. The summed E-state index contributed by atoms with van der Waals surface area (Å²) >= 11 is 0. The van der Waals surface area contributed by atoms with Gasteiger partial charge in [0.25, 0.3) is 0 Å². The largest absolute Gasteiger partial charge is 0.435 e. The summed E-state index contributed by atoms with van der Waals surface area (Å²) in [6.07, 6.45) is 3.71. The average molecular weight is 507 g/mol. The minimum Gasteiger partial charge on any atom is -0.435 e. The SMILES string of the molecule is CCNC(=NCC(C)Cn1cccn1)N(C)Cc1ccc(OC(F)F)cc1.I. The molecule has 1 N–H and O–H groups in total. The molecule has 156 valence electrons. The van der Waals surface area contributed by atoms with Crippen LogP contribution < -0.4 is 10.1 Å². The normalized spacial score (nSPS) is 12.4. The van der Waals surface area contributed by atoms with Crippen molar-refractivity contribution in [2.75, 3.05) is 20.1 Å². The summed E-state index contributed by atoms with van der Waals surface area (Å²) in [4.78, 5) is 6.72. The summed E-state index contributed by atoms with van der Waals surface area (Å²) in [5, 5.41) is 7.50. The molecule has 0 bridgehead atoms. The second-order valence-corrected chi connectivity index (χ2v) is 6.41. The first-order chi connectivity index (χ1) is 13.0. The molecule has 0 aliphatic heterocycles. The van der Waals surface area contributed by atoms with Crippen LogP contribution in [0.3, 0.4) is 0 Å². The first kappa shape index (κ1) is 24.1. The molecule has 0 aliphatic carbocycles. The van der Waals surface area contributed by atoms with E-state index in [9.17, 15) is 8.78 Å². The fourth-order valence-corrected chi connectivity index (χ4v) is 2.62. The monoisotopic (exact) mass is 507 g/mol. The number of aromatic nitrogens is 2. The van der Waals surface area contributed by atoms with E-state index in [1.807, 2.05) is 35.8 Å². The predicted octanol–water partition coefficient (Wildman–Crippen LogP) is 3.84. The van der Waals surface area contributed by atoms with Gasteiger partial charge in [-0.05, 0) is 36.6 Å². The van der Waals surface area contributed by atoms with E-state index in [4.69, 9.17) is 4.99 Å². The Labute approximate surface area is 182 Å². The highest BCUT2D eigenvalue weighted by Crippen LogP contribution is 2.15. The maximum absolute atomic E-state index is 12.2. The standard InChI is InChI=1S/C19H27F2N5O.HI/c1-4-22-19(23-12-15(2)13-26-11-5-10-24-26)25(3)14-16-6-8-17(9-7-16)27-18(20)21;/h5-11,15,18H,4,12-14H2,1-3H3,(H,22,23);1H. The van der Waals surface area contributed by atoms with Crippen molar-refractivity contribution in [3.8, 4) is 5.75 Å². The van der Waals surface area contributed by atoms with E-state index >= 15 is 0 Å². The van der Waals surface area contributed by atoms with Gasteiger partial charge in [0.05, 0.1) is 0 Å². The molecular weight excluding hydrogens is 479 g/mol. The van der Waals surface area contributed by atoms with E-state index in [1.54, 1.807) is 30.5 Å². The van der Waals surface area contributed by atoms with Crippen molar-refractivity contribution >= 4 is 29.9 Å². The number of rotatable bonds is 9. The van der Waals surface area contributed by atoms with E-state index in [2.05, 4.69) is 22.1 Å². The van der Waals surface area contributed by atoms with Crippen molar-refractivity contribution in [1.82, 2.24) is 20.0 Å². The summed E-state index contributed by atoms with van der Waals surface area (Å²) < 4.78 is 30.7. The number of benzene rings is 1. The smallest absolute Gasteiger partial charge is 0.387 e. The van der Waals surface area contributed by atoms with E-state index in [1.165, 1.54) is 0 Å². The molecule has 0 radical (unpaired) electrons. The molecule has 2 aromatic rings. The van der Waals surface area contributed by atoms with E-state index in [0.717, 1.165) is 24.6 Å². The van der Waals surface area contributed by atoms with Crippen LogP contribution in [0.1, 0.15) is 19.4 Å². The molecular formula is C19H28F2IN5O. The number of ether oxygens (including phenoxy) is 1. The van der Waals surface area contributed by atoms with Gasteiger partial charge in [-0.1, -0.05) is 19.1 Å². The van der Waals surface area contributed by atoms with Crippen LogP contribution in [0.25, 0.3) is 0 Å². The second kappa shape index (κ2) is 12.5. The molecule has 1 heterocycles. The van der Waals surface area contributed by atoms with Crippen LogP contribution in [0.4, 0.5) is 8.78 Å². The Morgan fingerprint density at radius 3 is 2.61 bits per heavy atom. The Bertz CT molecular complexity index is 695. The number of nitrogens with one attached hydrogen (secondary N) is 1. The van der Waals surface area contributed by atoms with E-state index in [0.29, 0.717) is 19.0 Å². The summed E-state index contributed by atoms with van der Waals surface area (Å²) in [5.41, 5.74) is 0.981. The van der Waals surface area contributed by atoms with Gasteiger partial charge in [-0.15, -0.1) is 24.0 Å². The number of guanidine groups is 1. The van der Waals surface area contributed by atoms with Gasteiger partial charge in [-0.2, -0.15) is 13.9 Å². The van der Waals surface area contributed by atoms with Gasteiger partial charge in [0.1, 0.15) is 5.75 Å². The zero-order valence-electron chi connectivity index (χ0n) is 16.4. The molecule has 1 aromatic heterocycles. The van der Waals surface area contributed by atoms with Gasteiger partial charge in [-0.3, -0.25) is 9.67 Å². The number of aliphatic imine (C=N–C) groups is 1. The van der Waals surface area contributed by atoms with Crippen LogP contribution in [-0.4, -0.2) is 47.4 Å². The molecule has 0 spiro atoms. The highest BCUT2D eigenvalue weighted by Gasteiger charge is 2.10. The summed E-state index contributed by atoms with van der Waals surface area (Å²) in [6, 6.07) is 8.55. The summed E-state index contributed by atoms with van der Waals surface area (Å²) in [6.45, 7) is 4.20. The van der Waals surface area contributed by atoms with E-state index < -0.39 is 6.61 Å². The maximum Gasteiger partial charge on any atom is 0.387 e. The molecule has 2 rings (SSSR count). The third kappa shape index (κ3) is 8.41. The molecule has 0 fully saturated rings. The van der Waals surface area contributed by atoms with Crippen molar-refractivity contribution < 1.29 is 13.5 Å². The predicted molar refractivity (Wildman–Crippen MR) is 117 cm³/mol. The molecule has 0 amide bonds. The highest BCUT2D eigenvalue weighted by atomic mass is 127. The molecule has 0 saturated heterocycles. The maximum atomic E-state index is 12.2. The molecule has 0 aliphatic rings. The van der Waals surface area contributed by atoms with Gasteiger partial charge in [-0.25, -0.2) is 0 Å². The van der Waals surface area contributed by atoms with E-state index in [-0.39, 0.29) is 29.7 Å². The number of hydrogen-bond donors (Lipinski definition) is 1. The molecule has 28 heavy (non-hydrogen) atoms. The minimum absolute atomic E-state index is 0. The summed E-state index contributed by atoms with van der Waals surface area (Å²) in [7, 11) is 1.95. The zero-order valence-corrected chi connectivity index (χ0v) is 18.7. The molecule has 1 unspecified atom stereocenters. The second-order valence-electron chi connectivity index (χ2n) is 6.41. The van der Waals surface area contributed by atoms with Crippen LogP contribution in [0, 0.1) is 5.92 Å². The van der Waals surface area contributed by atoms with Crippen molar-refractivity contribution in [3.63, 3.8) is 0 Å². The lowest BCUT2D eigenvalue weighted by molar-refractivity contribution is -0.0498. The topological polar surface area (TPSA) is 54.7 Å². The quantitative estimate of drug-likeness (QED) is 0.319. The Morgan fingerprint density at radius 2 is 2.04 bits per heavy atom. The molecule has 6 nitrogen and oxygen atoms in total. The first-order valence-corrected chi connectivity index (χ1v) is 8.98. The third-order valence-electron chi connectivity index (χ3n) is 3.88. The fourth-order valence-electron chi connectivity index (χ4n) is 2.62. The Morgan fingerprint density at radius 1 is 1.32 bits per heavy atom. The van der Waals surface area contributed by atoms with Crippen LogP contribution >= 0.6 is 24.0 Å². The van der Waals surface area contributed by atoms with Crippen LogP contribution in [0.5, 0.6) is 5.75 Å². The molecule has 1 aromatic carbocycles. The van der Waals surface area contributed by atoms with Crippen molar-refractivity contribution in [2.45, 2.75) is 33.5 Å². The van der Waals surface area contributed by atoms with Crippen molar-refractivity contribution in [3.05, 3.63) is 48.3 Å². The lowest BCUT2D eigenvalue weighted by Gasteiger charge is -2.23. The number of alkyl halides is 2.